The third kappa shape index (κ3) is 7.66. The summed E-state index contributed by atoms with van der Waals surface area (Å²) in [6.45, 7) is 20.8. The van der Waals surface area contributed by atoms with E-state index in [0.29, 0.717) is 19.3 Å². The average Bonchev–Trinajstić information content (AvgIpc) is 2.80. The van der Waals surface area contributed by atoms with E-state index in [1.54, 1.807) is 7.11 Å². The van der Waals surface area contributed by atoms with Gasteiger partial charge in [0.15, 0.2) is 11.9 Å². The van der Waals surface area contributed by atoms with Crippen LogP contribution >= 0.6 is 0 Å². The van der Waals surface area contributed by atoms with Gasteiger partial charge in [-0.3, -0.25) is 14.4 Å². The van der Waals surface area contributed by atoms with Crippen molar-refractivity contribution in [2.45, 2.75) is 137 Å². The van der Waals surface area contributed by atoms with Crippen molar-refractivity contribution in [2.75, 3.05) is 7.11 Å². The molecule has 2 saturated heterocycles. The zero-order valence-electron chi connectivity index (χ0n) is 25.1. The van der Waals surface area contributed by atoms with Crippen LogP contribution in [0.4, 0.5) is 0 Å². The standard InChI is InChI=1S/C30H50O8/c1-12-23(34-11)14-26-29(8,9)27(35-21(6)31)15-25(37-26)17(2)13-24(33)28(36-22(7)32)30(10)16-18(3)19(4)20(5)38-30/h17,19-20,23,25-28H,3,12-16H2,1-2,4-11H3/t17-,19-,20-,23-,25+,26-,27?,28-,30-/m1/s1. The quantitative estimate of drug-likeness (QED) is 0.261. The van der Waals surface area contributed by atoms with Crippen molar-refractivity contribution in [1.29, 1.82) is 0 Å². The van der Waals surface area contributed by atoms with E-state index in [2.05, 4.69) is 13.5 Å². The van der Waals surface area contributed by atoms with Crippen LogP contribution in [0.2, 0.25) is 0 Å². The molecule has 2 fully saturated rings. The molecule has 38 heavy (non-hydrogen) atoms. The highest BCUT2D eigenvalue weighted by Gasteiger charge is 2.51. The molecule has 0 saturated carbocycles. The zero-order chi connectivity index (χ0) is 29.0. The minimum atomic E-state index is -1.06. The van der Waals surface area contributed by atoms with Crippen LogP contribution in [0.15, 0.2) is 12.2 Å². The van der Waals surface area contributed by atoms with E-state index in [9.17, 15) is 14.4 Å². The highest BCUT2D eigenvalue weighted by molar-refractivity contribution is 5.87. The Bertz CT molecular complexity index is 862. The van der Waals surface area contributed by atoms with Gasteiger partial charge in [-0.1, -0.05) is 46.8 Å². The van der Waals surface area contributed by atoms with Crippen molar-refractivity contribution in [1.82, 2.24) is 0 Å². The van der Waals surface area contributed by atoms with Gasteiger partial charge < -0.3 is 23.7 Å². The fraction of sp³-hybridized carbons (Fsp3) is 0.833. The maximum absolute atomic E-state index is 13.7. The van der Waals surface area contributed by atoms with Crippen LogP contribution in [0.5, 0.6) is 0 Å². The van der Waals surface area contributed by atoms with Gasteiger partial charge in [-0.2, -0.15) is 0 Å². The van der Waals surface area contributed by atoms with E-state index in [1.165, 1.54) is 13.8 Å². The molecule has 0 bridgehead atoms. The second-order valence-corrected chi connectivity index (χ2v) is 12.2. The molecule has 0 aromatic rings. The number of hydrogen-bond acceptors (Lipinski definition) is 8. The number of carbonyl (C=O) groups excluding carboxylic acids is 3. The molecule has 0 N–H and O–H groups in total. The predicted molar refractivity (Wildman–Crippen MR) is 145 cm³/mol. The summed E-state index contributed by atoms with van der Waals surface area (Å²) in [6.07, 6.45) is 0.341. The molecule has 0 spiro atoms. The van der Waals surface area contributed by atoms with Crippen molar-refractivity contribution in [2.24, 2.45) is 17.3 Å². The molecule has 2 rings (SSSR count). The first-order valence-corrected chi connectivity index (χ1v) is 14.0. The molecule has 0 radical (unpaired) electrons. The third-order valence-corrected chi connectivity index (χ3v) is 8.69. The number of ether oxygens (including phenoxy) is 5. The summed E-state index contributed by atoms with van der Waals surface area (Å²) in [5.41, 5.74) is -0.469. The van der Waals surface area contributed by atoms with Crippen LogP contribution in [0.25, 0.3) is 0 Å². The Kier molecular flexibility index (Phi) is 11.1. The van der Waals surface area contributed by atoms with Crippen molar-refractivity contribution in [3.63, 3.8) is 0 Å². The van der Waals surface area contributed by atoms with Crippen LogP contribution < -0.4 is 0 Å². The Hall–Kier alpha value is -1.77. The lowest BCUT2D eigenvalue weighted by Gasteiger charge is -2.49. The van der Waals surface area contributed by atoms with Crippen LogP contribution in [0.1, 0.15) is 94.4 Å². The minimum absolute atomic E-state index is 0.00201. The van der Waals surface area contributed by atoms with Crippen LogP contribution in [0.3, 0.4) is 0 Å². The predicted octanol–water partition coefficient (Wildman–Crippen LogP) is 5.20. The summed E-state index contributed by atoms with van der Waals surface area (Å²) in [5.74, 6) is -1.17. The van der Waals surface area contributed by atoms with Gasteiger partial charge in [0, 0.05) is 58.0 Å². The number of esters is 2. The lowest BCUT2D eigenvalue weighted by molar-refractivity contribution is -0.212. The van der Waals surface area contributed by atoms with Gasteiger partial charge in [0.05, 0.1) is 24.4 Å². The van der Waals surface area contributed by atoms with Crippen LogP contribution in [0, 0.1) is 17.3 Å². The molecule has 8 nitrogen and oxygen atoms in total. The molecular weight excluding hydrogens is 488 g/mol. The van der Waals surface area contributed by atoms with Gasteiger partial charge in [0.2, 0.25) is 0 Å². The second-order valence-electron chi connectivity index (χ2n) is 12.2. The molecule has 2 heterocycles. The number of carbonyl (C=O) groups is 3. The molecule has 2 aliphatic heterocycles. The summed E-state index contributed by atoms with van der Waals surface area (Å²) < 4.78 is 29.9. The Balaban J connectivity index is 2.28. The van der Waals surface area contributed by atoms with Crippen molar-refractivity contribution in [3.8, 4) is 0 Å². The maximum Gasteiger partial charge on any atom is 0.303 e. The topological polar surface area (TPSA) is 97.4 Å². The summed E-state index contributed by atoms with van der Waals surface area (Å²) in [4.78, 5) is 37.7. The first kappa shape index (κ1) is 32.4. The van der Waals surface area contributed by atoms with Gasteiger partial charge in [-0.25, -0.2) is 0 Å². The number of rotatable bonds is 11. The molecule has 0 aromatic carbocycles. The molecule has 8 heteroatoms. The zero-order valence-corrected chi connectivity index (χ0v) is 25.1. The number of methoxy groups -OCH3 is 1. The van der Waals surface area contributed by atoms with E-state index in [4.69, 9.17) is 23.7 Å². The number of Topliss-reactive ketones (excluding diaryl/α,β-unsaturated/α-hetero) is 1. The molecule has 218 valence electrons. The van der Waals surface area contributed by atoms with Gasteiger partial charge in [0.25, 0.3) is 0 Å². The highest BCUT2D eigenvalue weighted by Crippen LogP contribution is 2.44. The Morgan fingerprint density at radius 3 is 2.26 bits per heavy atom. The van der Waals surface area contributed by atoms with E-state index in [-0.39, 0.29) is 60.5 Å². The fourth-order valence-corrected chi connectivity index (χ4v) is 5.88. The normalized spacial score (nSPS) is 33.6. The third-order valence-electron chi connectivity index (χ3n) is 8.69. The van der Waals surface area contributed by atoms with Crippen molar-refractivity contribution < 1.29 is 38.1 Å². The lowest BCUT2D eigenvalue weighted by Crippen LogP contribution is -2.56. The average molecular weight is 539 g/mol. The molecule has 0 aromatic heterocycles. The van der Waals surface area contributed by atoms with Gasteiger partial charge in [0.1, 0.15) is 11.7 Å². The molecule has 2 aliphatic rings. The Labute approximate surface area is 229 Å². The minimum Gasteiger partial charge on any atom is -0.462 e. The number of hydrogen-bond donors (Lipinski definition) is 0. The monoisotopic (exact) mass is 538 g/mol. The Morgan fingerprint density at radius 1 is 1.13 bits per heavy atom. The summed E-state index contributed by atoms with van der Waals surface area (Å²) in [6, 6.07) is 0. The molecule has 9 atom stereocenters. The summed E-state index contributed by atoms with van der Waals surface area (Å²) in [7, 11) is 1.69. The molecule has 1 unspecified atom stereocenters. The highest BCUT2D eigenvalue weighted by atomic mass is 16.6. The molecule has 0 aliphatic carbocycles. The van der Waals surface area contributed by atoms with E-state index >= 15 is 0 Å². The summed E-state index contributed by atoms with van der Waals surface area (Å²) in [5, 5.41) is 0. The number of ketones is 1. The van der Waals surface area contributed by atoms with Crippen LogP contribution in [-0.2, 0) is 38.1 Å². The van der Waals surface area contributed by atoms with Crippen molar-refractivity contribution >= 4 is 17.7 Å². The largest absolute Gasteiger partial charge is 0.462 e. The van der Waals surface area contributed by atoms with Gasteiger partial charge in [-0.05, 0) is 26.2 Å². The van der Waals surface area contributed by atoms with E-state index in [0.717, 1.165) is 12.0 Å². The van der Waals surface area contributed by atoms with Crippen molar-refractivity contribution in [3.05, 3.63) is 12.2 Å². The Morgan fingerprint density at radius 2 is 1.76 bits per heavy atom. The fourth-order valence-electron chi connectivity index (χ4n) is 5.88. The molecular formula is C30H50O8. The van der Waals surface area contributed by atoms with E-state index < -0.39 is 23.1 Å². The van der Waals surface area contributed by atoms with Gasteiger partial charge >= 0.3 is 11.9 Å². The van der Waals surface area contributed by atoms with Crippen LogP contribution in [-0.4, -0.2) is 67.1 Å². The second kappa shape index (κ2) is 13.1. The lowest BCUT2D eigenvalue weighted by atomic mass is 9.72. The maximum atomic E-state index is 13.7. The summed E-state index contributed by atoms with van der Waals surface area (Å²) >= 11 is 0. The first-order chi connectivity index (χ1) is 17.5. The molecule has 0 amide bonds. The smallest absolute Gasteiger partial charge is 0.303 e. The van der Waals surface area contributed by atoms with E-state index in [1.807, 2.05) is 41.5 Å². The van der Waals surface area contributed by atoms with Gasteiger partial charge in [-0.15, -0.1) is 0 Å². The SMILES string of the molecule is C=C1C[C@](C)([C@H](OC(C)=O)C(=O)C[C@@H](C)[C@@H]2CC(OC(C)=O)C(C)(C)[C@@H](C[C@@H](CC)OC)O2)O[C@H](C)[C@@H]1C. The first-order valence-electron chi connectivity index (χ1n) is 14.0.